The quantitative estimate of drug-likeness (QED) is 0.206. The van der Waals surface area contributed by atoms with E-state index in [1.54, 1.807) is 41.5 Å². The second kappa shape index (κ2) is 11.9. The number of benzene rings is 2. The lowest BCUT2D eigenvalue weighted by Gasteiger charge is -2.23. The van der Waals surface area contributed by atoms with Crippen molar-refractivity contribution in [1.29, 1.82) is 0 Å². The van der Waals surface area contributed by atoms with Gasteiger partial charge in [0.15, 0.2) is 5.15 Å². The average Bonchev–Trinajstić information content (AvgIpc) is 3.41. The van der Waals surface area contributed by atoms with Crippen LogP contribution in [0.1, 0.15) is 37.9 Å². The van der Waals surface area contributed by atoms with Gasteiger partial charge in [-0.1, -0.05) is 47.8 Å². The third-order valence-electron chi connectivity index (χ3n) is 7.35. The summed E-state index contributed by atoms with van der Waals surface area (Å²) in [7, 11) is 0. The SMILES string of the molecule is C[C@@H]1CCC[C@H](n2cnc(-c3cc(Cl)ccc3-n3cc(Cl)nn3)cc2=O)c2cc(ccn2)-c2ccc(I)cc2NC1=O. The highest BCUT2D eigenvalue weighted by Gasteiger charge is 2.23. The Kier molecular flexibility index (Phi) is 8.11. The first-order chi connectivity index (χ1) is 20.3. The van der Waals surface area contributed by atoms with Gasteiger partial charge in [0.2, 0.25) is 5.91 Å². The third kappa shape index (κ3) is 5.83. The number of halogens is 3. The van der Waals surface area contributed by atoms with E-state index in [0.29, 0.717) is 41.2 Å². The van der Waals surface area contributed by atoms with Gasteiger partial charge >= 0.3 is 0 Å². The minimum absolute atomic E-state index is 0.0289. The number of carbonyl (C=O) groups excluding carboxylic acids is 1. The molecule has 5 aromatic rings. The van der Waals surface area contributed by atoms with Gasteiger partial charge in [-0.15, -0.1) is 5.10 Å². The molecule has 6 rings (SSSR count). The first-order valence-electron chi connectivity index (χ1n) is 13.3. The summed E-state index contributed by atoms with van der Waals surface area (Å²) >= 11 is 14.6. The van der Waals surface area contributed by atoms with Crippen LogP contribution in [0, 0.1) is 9.49 Å². The maximum Gasteiger partial charge on any atom is 0.254 e. The van der Waals surface area contributed by atoms with Gasteiger partial charge in [-0.05, 0) is 83.5 Å². The zero-order valence-corrected chi connectivity index (χ0v) is 26.0. The molecule has 0 unspecified atom stereocenters. The molecule has 0 spiro atoms. The molecule has 12 heteroatoms. The first-order valence-corrected chi connectivity index (χ1v) is 15.1. The summed E-state index contributed by atoms with van der Waals surface area (Å²) in [5.74, 6) is -0.232. The van der Waals surface area contributed by atoms with Crippen molar-refractivity contribution in [1.82, 2.24) is 29.5 Å². The van der Waals surface area contributed by atoms with Crippen LogP contribution in [0.25, 0.3) is 28.1 Å². The number of amides is 1. The van der Waals surface area contributed by atoms with Gasteiger partial charge in [0.25, 0.3) is 5.56 Å². The topological polar surface area (TPSA) is 108 Å². The Balaban J connectivity index is 1.44. The van der Waals surface area contributed by atoms with Crippen LogP contribution >= 0.6 is 45.8 Å². The molecule has 1 aliphatic heterocycles. The van der Waals surface area contributed by atoms with Crippen LogP contribution < -0.4 is 10.9 Å². The smallest absolute Gasteiger partial charge is 0.254 e. The van der Waals surface area contributed by atoms with Crippen molar-refractivity contribution in [3.05, 3.63) is 103 Å². The van der Waals surface area contributed by atoms with E-state index < -0.39 is 0 Å². The standard InChI is InChI=1S/C30H24Cl2IN7O2/c1-17-3-2-4-27(25-11-18(9-10-34-25)21-7-6-20(33)13-24(21)36-30(17)42)39-16-35-23(14-29(39)41)22-12-19(31)5-8-26(22)40-15-28(32)37-38-40/h5-17,27H,2-4H2,1H3,(H,36,42)/t17-,27+/m1/s1. The lowest BCUT2D eigenvalue weighted by molar-refractivity contribution is -0.119. The van der Waals surface area contributed by atoms with E-state index in [9.17, 15) is 9.59 Å². The highest BCUT2D eigenvalue weighted by Crippen LogP contribution is 2.34. The molecule has 212 valence electrons. The molecule has 1 amide bonds. The number of nitrogens with zero attached hydrogens (tertiary/aromatic N) is 6. The zero-order chi connectivity index (χ0) is 29.4. The van der Waals surface area contributed by atoms with Crippen LogP contribution in [-0.2, 0) is 4.79 Å². The second-order valence-corrected chi connectivity index (χ2v) is 12.2. The van der Waals surface area contributed by atoms with Crippen LogP contribution in [-0.4, -0.2) is 35.4 Å². The molecule has 42 heavy (non-hydrogen) atoms. The Labute approximate surface area is 265 Å². The zero-order valence-electron chi connectivity index (χ0n) is 22.3. The van der Waals surface area contributed by atoms with Crippen molar-refractivity contribution in [2.75, 3.05) is 5.32 Å². The fourth-order valence-electron chi connectivity index (χ4n) is 5.17. The van der Waals surface area contributed by atoms with Crippen LogP contribution in [0.5, 0.6) is 0 Å². The molecule has 0 saturated carbocycles. The average molecular weight is 712 g/mol. The number of hydrogen-bond acceptors (Lipinski definition) is 6. The number of anilines is 1. The number of fused-ring (bicyclic) bond motifs is 4. The summed E-state index contributed by atoms with van der Waals surface area (Å²) in [6, 6.07) is 16.2. The number of pyridine rings is 1. The molecule has 0 aliphatic carbocycles. The Morgan fingerprint density at radius 2 is 1.83 bits per heavy atom. The minimum atomic E-state index is -0.381. The molecule has 3 aromatic heterocycles. The summed E-state index contributed by atoms with van der Waals surface area (Å²) in [5.41, 5.74) is 4.72. The molecule has 2 aromatic carbocycles. The molecule has 0 saturated heterocycles. The summed E-state index contributed by atoms with van der Waals surface area (Å²) in [4.78, 5) is 36.1. The highest BCUT2D eigenvalue weighted by atomic mass is 127. The van der Waals surface area contributed by atoms with Crippen molar-refractivity contribution in [2.45, 2.75) is 32.2 Å². The van der Waals surface area contributed by atoms with Gasteiger partial charge in [0, 0.05) is 43.6 Å². The maximum atomic E-state index is 13.7. The molecule has 9 nitrogen and oxygen atoms in total. The van der Waals surface area contributed by atoms with Gasteiger partial charge in [-0.3, -0.25) is 19.1 Å². The lowest BCUT2D eigenvalue weighted by Crippen LogP contribution is -2.27. The molecular formula is C30H24Cl2IN7O2. The van der Waals surface area contributed by atoms with Crippen LogP contribution in [0.15, 0.2) is 78.1 Å². The number of carbonyl (C=O) groups is 1. The van der Waals surface area contributed by atoms with E-state index in [1.807, 2.05) is 37.3 Å². The molecule has 0 fully saturated rings. The van der Waals surface area contributed by atoms with Crippen molar-refractivity contribution < 1.29 is 4.79 Å². The van der Waals surface area contributed by atoms with Gasteiger partial charge in [0.1, 0.15) is 0 Å². The van der Waals surface area contributed by atoms with Crippen molar-refractivity contribution in [2.24, 2.45) is 5.92 Å². The summed E-state index contributed by atoms with van der Waals surface area (Å²) in [6.07, 6.45) is 6.84. The number of aromatic nitrogens is 6. The van der Waals surface area contributed by atoms with E-state index in [1.165, 1.54) is 10.7 Å². The fraction of sp³-hybridized carbons (Fsp3) is 0.200. The van der Waals surface area contributed by atoms with E-state index in [-0.39, 0.29) is 28.6 Å². The molecule has 4 heterocycles. The fourth-order valence-corrected chi connectivity index (χ4v) is 5.96. The minimum Gasteiger partial charge on any atom is -0.325 e. The monoisotopic (exact) mass is 711 g/mol. The van der Waals surface area contributed by atoms with Crippen molar-refractivity contribution in [3.8, 4) is 28.1 Å². The molecule has 2 atom stereocenters. The Morgan fingerprint density at radius 1 is 0.976 bits per heavy atom. The van der Waals surface area contributed by atoms with Crippen LogP contribution in [0.3, 0.4) is 0 Å². The van der Waals surface area contributed by atoms with Crippen LogP contribution in [0.4, 0.5) is 5.69 Å². The first kappa shape index (κ1) is 28.5. The van der Waals surface area contributed by atoms with E-state index in [0.717, 1.165) is 26.1 Å². The van der Waals surface area contributed by atoms with Crippen LogP contribution in [0.2, 0.25) is 10.2 Å². The normalized spacial score (nSPS) is 17.1. The number of hydrogen-bond donors (Lipinski definition) is 1. The predicted molar refractivity (Wildman–Crippen MR) is 171 cm³/mol. The summed E-state index contributed by atoms with van der Waals surface area (Å²) < 4.78 is 4.14. The van der Waals surface area contributed by atoms with Gasteiger partial charge in [0.05, 0.1) is 35.6 Å². The number of nitrogens with one attached hydrogen (secondary N) is 1. The van der Waals surface area contributed by atoms with Crippen molar-refractivity contribution >= 4 is 57.4 Å². The van der Waals surface area contributed by atoms with Gasteiger partial charge in [-0.25, -0.2) is 9.67 Å². The third-order valence-corrected chi connectivity index (χ3v) is 8.43. The maximum absolute atomic E-state index is 13.7. The lowest BCUT2D eigenvalue weighted by atomic mass is 9.95. The van der Waals surface area contributed by atoms with E-state index in [4.69, 9.17) is 23.2 Å². The Morgan fingerprint density at radius 3 is 2.62 bits per heavy atom. The Hall–Kier alpha value is -3.61. The van der Waals surface area contributed by atoms with Gasteiger partial charge in [-0.2, -0.15) is 0 Å². The molecular weight excluding hydrogens is 688 g/mol. The largest absolute Gasteiger partial charge is 0.325 e. The summed E-state index contributed by atoms with van der Waals surface area (Å²) in [5, 5.41) is 11.7. The highest BCUT2D eigenvalue weighted by molar-refractivity contribution is 14.1. The molecule has 0 radical (unpaired) electrons. The van der Waals surface area contributed by atoms with E-state index >= 15 is 0 Å². The van der Waals surface area contributed by atoms with Crippen molar-refractivity contribution in [3.63, 3.8) is 0 Å². The molecule has 1 aliphatic rings. The molecule has 1 N–H and O–H groups in total. The van der Waals surface area contributed by atoms with E-state index in [2.05, 4.69) is 48.2 Å². The van der Waals surface area contributed by atoms with Gasteiger partial charge < -0.3 is 5.32 Å². The molecule has 2 bridgehead atoms. The second-order valence-electron chi connectivity index (χ2n) is 10.2. The Bertz CT molecular complexity index is 1870. The number of rotatable bonds is 3. The summed E-state index contributed by atoms with van der Waals surface area (Å²) in [6.45, 7) is 1.93. The predicted octanol–water partition coefficient (Wildman–Crippen LogP) is 6.81.